The fraction of sp³-hybridized carbons (Fsp3) is 0.889. The Hall–Kier alpha value is -0.570. The highest BCUT2D eigenvalue weighted by Crippen LogP contribution is 2.24. The number of rotatable bonds is 5. The largest absolute Gasteiger partial charge is 0.469 e. The van der Waals surface area contributed by atoms with Gasteiger partial charge in [0.2, 0.25) is 0 Å². The normalized spacial score (nSPS) is 27.8. The quantitative estimate of drug-likeness (QED) is 0.291. The fourth-order valence-electron chi connectivity index (χ4n) is 3.83. The molecule has 0 aromatic rings. The summed E-state index contributed by atoms with van der Waals surface area (Å²) in [4.78, 5) is 21.5. The standard InChI is InChI=1S/C18H34N4O2.HI/c1-5-19-18(20-10-15-8-7-9-21(6-2)12-15)22-11-14(3)16(13-22)17(23)24-4;/h14-16H,5-13H2,1-4H3,(H,19,20);1H. The van der Waals surface area contributed by atoms with Crippen molar-refractivity contribution < 1.29 is 9.53 Å². The number of hydrogen-bond acceptors (Lipinski definition) is 4. The molecule has 0 amide bonds. The van der Waals surface area contributed by atoms with Crippen LogP contribution in [0.3, 0.4) is 0 Å². The zero-order valence-electron chi connectivity index (χ0n) is 16.2. The zero-order valence-corrected chi connectivity index (χ0v) is 18.5. The molecule has 0 radical (unpaired) electrons. The van der Waals surface area contributed by atoms with Gasteiger partial charge in [0.05, 0.1) is 13.0 Å². The van der Waals surface area contributed by atoms with Crippen molar-refractivity contribution in [3.05, 3.63) is 0 Å². The molecule has 0 spiro atoms. The molecule has 2 rings (SSSR count). The van der Waals surface area contributed by atoms with Gasteiger partial charge in [-0.1, -0.05) is 13.8 Å². The highest BCUT2D eigenvalue weighted by molar-refractivity contribution is 14.0. The van der Waals surface area contributed by atoms with Gasteiger partial charge in [-0.3, -0.25) is 9.79 Å². The van der Waals surface area contributed by atoms with Crippen LogP contribution in [0.1, 0.15) is 33.6 Å². The number of guanidine groups is 1. The number of aliphatic imine (C=N–C) groups is 1. The molecule has 0 saturated carbocycles. The summed E-state index contributed by atoms with van der Waals surface area (Å²) in [5.41, 5.74) is 0. The van der Waals surface area contributed by atoms with E-state index in [-0.39, 0.29) is 35.9 Å². The molecule has 2 aliphatic heterocycles. The van der Waals surface area contributed by atoms with Crippen molar-refractivity contribution in [2.75, 3.05) is 52.9 Å². The molecule has 1 N–H and O–H groups in total. The van der Waals surface area contributed by atoms with E-state index >= 15 is 0 Å². The van der Waals surface area contributed by atoms with Crippen LogP contribution in [-0.2, 0) is 9.53 Å². The molecule has 25 heavy (non-hydrogen) atoms. The molecular formula is C18H35IN4O2. The molecule has 2 fully saturated rings. The van der Waals surface area contributed by atoms with Crippen LogP contribution in [0.5, 0.6) is 0 Å². The van der Waals surface area contributed by atoms with Gasteiger partial charge in [-0.15, -0.1) is 24.0 Å². The second-order valence-corrected chi connectivity index (χ2v) is 7.11. The van der Waals surface area contributed by atoms with Gasteiger partial charge < -0.3 is 19.9 Å². The van der Waals surface area contributed by atoms with E-state index in [1.54, 1.807) is 0 Å². The first-order valence-electron chi connectivity index (χ1n) is 9.42. The number of ether oxygens (including phenoxy) is 1. The predicted molar refractivity (Wildman–Crippen MR) is 112 cm³/mol. The first-order chi connectivity index (χ1) is 11.6. The molecule has 2 heterocycles. The number of piperidine rings is 1. The van der Waals surface area contributed by atoms with Crippen LogP contribution in [0, 0.1) is 17.8 Å². The number of halogens is 1. The number of carbonyl (C=O) groups excluding carboxylic acids is 1. The van der Waals surface area contributed by atoms with Gasteiger partial charge in [0, 0.05) is 32.7 Å². The van der Waals surface area contributed by atoms with Crippen molar-refractivity contribution in [1.82, 2.24) is 15.1 Å². The summed E-state index contributed by atoms with van der Waals surface area (Å²) in [5.74, 6) is 1.73. The van der Waals surface area contributed by atoms with Gasteiger partial charge in [0.15, 0.2) is 5.96 Å². The third-order valence-corrected chi connectivity index (χ3v) is 5.30. The van der Waals surface area contributed by atoms with Gasteiger partial charge in [0.1, 0.15) is 0 Å². The zero-order chi connectivity index (χ0) is 17.5. The van der Waals surface area contributed by atoms with Crippen molar-refractivity contribution in [3.63, 3.8) is 0 Å². The van der Waals surface area contributed by atoms with E-state index in [0.29, 0.717) is 18.4 Å². The Kier molecular flexibility index (Phi) is 10.1. The van der Waals surface area contributed by atoms with Crippen molar-refractivity contribution in [2.24, 2.45) is 22.7 Å². The van der Waals surface area contributed by atoms with Crippen LogP contribution in [-0.4, -0.2) is 74.7 Å². The molecule has 0 aromatic heterocycles. The number of nitrogens with one attached hydrogen (secondary N) is 1. The first-order valence-corrected chi connectivity index (χ1v) is 9.42. The topological polar surface area (TPSA) is 57.2 Å². The molecule has 2 aliphatic rings. The van der Waals surface area contributed by atoms with Gasteiger partial charge in [-0.05, 0) is 44.7 Å². The van der Waals surface area contributed by atoms with E-state index in [9.17, 15) is 4.79 Å². The maximum Gasteiger partial charge on any atom is 0.310 e. The lowest BCUT2D eigenvalue weighted by Gasteiger charge is -2.31. The first kappa shape index (κ1) is 22.5. The molecule has 2 saturated heterocycles. The second-order valence-electron chi connectivity index (χ2n) is 7.11. The van der Waals surface area contributed by atoms with Crippen LogP contribution >= 0.6 is 24.0 Å². The summed E-state index contributed by atoms with van der Waals surface area (Å²) in [6.07, 6.45) is 2.54. The number of carbonyl (C=O) groups is 1. The molecule has 3 atom stereocenters. The van der Waals surface area contributed by atoms with E-state index < -0.39 is 0 Å². The van der Waals surface area contributed by atoms with Gasteiger partial charge in [-0.25, -0.2) is 0 Å². The summed E-state index contributed by atoms with van der Waals surface area (Å²) in [6.45, 7) is 13.2. The highest BCUT2D eigenvalue weighted by atomic mass is 127. The van der Waals surface area contributed by atoms with E-state index in [4.69, 9.17) is 9.73 Å². The lowest BCUT2D eigenvalue weighted by atomic mass is 9.98. The van der Waals surface area contributed by atoms with Gasteiger partial charge >= 0.3 is 5.97 Å². The summed E-state index contributed by atoms with van der Waals surface area (Å²) < 4.78 is 4.94. The van der Waals surface area contributed by atoms with Crippen molar-refractivity contribution >= 4 is 35.9 Å². The average Bonchev–Trinajstić information content (AvgIpc) is 2.99. The molecule has 3 unspecified atom stereocenters. The summed E-state index contributed by atoms with van der Waals surface area (Å²) in [5, 5.41) is 3.40. The number of hydrogen-bond donors (Lipinski definition) is 1. The van der Waals surface area contributed by atoms with Crippen LogP contribution in [0.4, 0.5) is 0 Å². The summed E-state index contributed by atoms with van der Waals surface area (Å²) >= 11 is 0. The van der Waals surface area contributed by atoms with Crippen molar-refractivity contribution in [2.45, 2.75) is 33.6 Å². The number of likely N-dealkylation sites (tertiary alicyclic amines) is 2. The third-order valence-electron chi connectivity index (χ3n) is 5.30. The van der Waals surface area contributed by atoms with E-state index in [2.05, 4.69) is 35.9 Å². The summed E-state index contributed by atoms with van der Waals surface area (Å²) in [6, 6.07) is 0. The van der Waals surface area contributed by atoms with Crippen molar-refractivity contribution in [3.8, 4) is 0 Å². The fourth-order valence-corrected chi connectivity index (χ4v) is 3.83. The second kappa shape index (κ2) is 11.2. The molecule has 7 heteroatoms. The SMILES string of the molecule is CCNC(=NCC1CCCN(CC)C1)N1CC(C)C(C(=O)OC)C1.I. The lowest BCUT2D eigenvalue weighted by Crippen LogP contribution is -2.42. The molecule has 6 nitrogen and oxygen atoms in total. The Labute approximate surface area is 169 Å². The predicted octanol–water partition coefficient (Wildman–Crippen LogP) is 2.04. The van der Waals surface area contributed by atoms with Crippen LogP contribution in [0.2, 0.25) is 0 Å². The lowest BCUT2D eigenvalue weighted by molar-refractivity contribution is -0.145. The van der Waals surface area contributed by atoms with Crippen LogP contribution < -0.4 is 5.32 Å². The molecule has 0 aromatic carbocycles. The maximum absolute atomic E-state index is 11.9. The number of nitrogens with zero attached hydrogens (tertiary/aromatic N) is 3. The van der Waals surface area contributed by atoms with E-state index in [1.165, 1.54) is 26.5 Å². The van der Waals surface area contributed by atoms with E-state index in [0.717, 1.165) is 38.7 Å². The molecule has 146 valence electrons. The smallest absolute Gasteiger partial charge is 0.310 e. The van der Waals surface area contributed by atoms with E-state index in [1.807, 2.05) is 0 Å². The number of esters is 1. The number of methoxy groups -OCH3 is 1. The Bertz CT molecular complexity index is 447. The Morgan fingerprint density at radius 1 is 1.28 bits per heavy atom. The average molecular weight is 466 g/mol. The minimum Gasteiger partial charge on any atom is -0.469 e. The minimum absolute atomic E-state index is 0. The Morgan fingerprint density at radius 2 is 2.04 bits per heavy atom. The van der Waals surface area contributed by atoms with Crippen molar-refractivity contribution in [1.29, 1.82) is 0 Å². The molecular weight excluding hydrogens is 431 g/mol. The molecule has 0 bridgehead atoms. The highest BCUT2D eigenvalue weighted by Gasteiger charge is 2.37. The van der Waals surface area contributed by atoms with Crippen LogP contribution in [0.15, 0.2) is 4.99 Å². The van der Waals surface area contributed by atoms with Gasteiger partial charge in [-0.2, -0.15) is 0 Å². The monoisotopic (exact) mass is 466 g/mol. The maximum atomic E-state index is 11.9. The Morgan fingerprint density at radius 3 is 2.68 bits per heavy atom. The van der Waals surface area contributed by atoms with Crippen LogP contribution in [0.25, 0.3) is 0 Å². The summed E-state index contributed by atoms with van der Waals surface area (Å²) in [7, 11) is 1.47. The Balaban J connectivity index is 0.00000312. The van der Waals surface area contributed by atoms with Gasteiger partial charge in [0.25, 0.3) is 0 Å². The molecule has 0 aliphatic carbocycles. The minimum atomic E-state index is -0.105. The third kappa shape index (κ3) is 6.27.